The van der Waals surface area contributed by atoms with Crippen molar-refractivity contribution in [2.24, 2.45) is 0 Å². The molecule has 1 aliphatic rings. The summed E-state index contributed by atoms with van der Waals surface area (Å²) < 4.78 is 46.3. The first kappa shape index (κ1) is 19.1. The average molecular weight is 395 g/mol. The number of benzene rings is 1. The van der Waals surface area contributed by atoms with Gasteiger partial charge in [0.05, 0.1) is 11.5 Å². The lowest BCUT2D eigenvalue weighted by Crippen LogP contribution is -2.42. The highest BCUT2D eigenvalue weighted by molar-refractivity contribution is 7.91. The van der Waals surface area contributed by atoms with Crippen molar-refractivity contribution in [2.75, 3.05) is 11.5 Å². The SMILES string of the molecule is C[C@@H](OC(=O)c1ccc(-c2ccc(F)cc2)o1)C(=O)N[C@@H]1CCS(=O)(=O)C1. The molecule has 0 aliphatic carbocycles. The Hall–Kier alpha value is -2.68. The van der Waals surface area contributed by atoms with Crippen molar-refractivity contribution in [3.63, 3.8) is 0 Å². The number of carbonyl (C=O) groups excluding carboxylic acids is 2. The predicted octanol–water partition coefficient (Wildman–Crippen LogP) is 1.93. The third-order valence-corrected chi connectivity index (χ3v) is 5.94. The van der Waals surface area contributed by atoms with Crippen LogP contribution in [-0.4, -0.2) is 43.9 Å². The highest BCUT2D eigenvalue weighted by Crippen LogP contribution is 2.23. The van der Waals surface area contributed by atoms with Gasteiger partial charge in [0.2, 0.25) is 5.76 Å². The number of esters is 1. The number of ether oxygens (including phenoxy) is 1. The van der Waals surface area contributed by atoms with Gasteiger partial charge in [-0.15, -0.1) is 0 Å². The van der Waals surface area contributed by atoms with E-state index in [1.54, 1.807) is 0 Å². The normalized spacial score (nSPS) is 19.4. The lowest BCUT2D eigenvalue weighted by Gasteiger charge is -2.15. The maximum Gasteiger partial charge on any atom is 0.375 e. The summed E-state index contributed by atoms with van der Waals surface area (Å²) in [6, 6.07) is 8.02. The van der Waals surface area contributed by atoms with Gasteiger partial charge in [-0.25, -0.2) is 17.6 Å². The molecule has 0 bridgehead atoms. The molecule has 1 aromatic carbocycles. The van der Waals surface area contributed by atoms with Crippen molar-refractivity contribution in [3.8, 4) is 11.3 Å². The Balaban J connectivity index is 1.58. The van der Waals surface area contributed by atoms with Crippen molar-refractivity contribution in [1.82, 2.24) is 5.32 Å². The van der Waals surface area contributed by atoms with E-state index in [-0.39, 0.29) is 23.1 Å². The summed E-state index contributed by atoms with van der Waals surface area (Å²) >= 11 is 0. The number of sulfone groups is 1. The summed E-state index contributed by atoms with van der Waals surface area (Å²) in [4.78, 5) is 24.2. The third kappa shape index (κ3) is 4.73. The number of amides is 1. The van der Waals surface area contributed by atoms with E-state index in [4.69, 9.17) is 9.15 Å². The topological polar surface area (TPSA) is 103 Å². The molecule has 7 nitrogen and oxygen atoms in total. The molecule has 27 heavy (non-hydrogen) atoms. The van der Waals surface area contributed by atoms with E-state index in [9.17, 15) is 22.4 Å². The lowest BCUT2D eigenvalue weighted by molar-refractivity contribution is -0.129. The molecule has 3 rings (SSSR count). The Bertz CT molecular complexity index is 950. The summed E-state index contributed by atoms with van der Waals surface area (Å²) in [5.74, 6) is -1.61. The number of nitrogens with one attached hydrogen (secondary N) is 1. The van der Waals surface area contributed by atoms with E-state index in [0.717, 1.165) is 0 Å². The van der Waals surface area contributed by atoms with Gasteiger partial charge in [0, 0.05) is 11.6 Å². The van der Waals surface area contributed by atoms with Crippen LogP contribution in [0.2, 0.25) is 0 Å². The molecule has 1 aromatic heterocycles. The first-order valence-corrected chi connectivity index (χ1v) is 10.1. The van der Waals surface area contributed by atoms with Crippen molar-refractivity contribution in [2.45, 2.75) is 25.5 Å². The molecule has 1 amide bonds. The molecule has 0 saturated carbocycles. The van der Waals surface area contributed by atoms with E-state index in [1.807, 2.05) is 0 Å². The molecule has 1 aliphatic heterocycles. The van der Waals surface area contributed by atoms with Crippen LogP contribution in [0.25, 0.3) is 11.3 Å². The molecular weight excluding hydrogens is 377 g/mol. The van der Waals surface area contributed by atoms with Gasteiger partial charge in [0.25, 0.3) is 5.91 Å². The highest BCUT2D eigenvalue weighted by atomic mass is 32.2. The van der Waals surface area contributed by atoms with E-state index < -0.39 is 33.9 Å². The summed E-state index contributed by atoms with van der Waals surface area (Å²) in [5.41, 5.74) is 0.587. The molecule has 0 unspecified atom stereocenters. The smallest absolute Gasteiger partial charge is 0.375 e. The van der Waals surface area contributed by atoms with Crippen LogP contribution in [0.5, 0.6) is 0 Å². The van der Waals surface area contributed by atoms with Gasteiger partial charge < -0.3 is 14.5 Å². The van der Waals surface area contributed by atoms with Crippen molar-refractivity contribution in [1.29, 1.82) is 0 Å². The molecule has 2 aromatic rings. The van der Waals surface area contributed by atoms with Crippen molar-refractivity contribution in [3.05, 3.63) is 48.0 Å². The first-order chi connectivity index (χ1) is 12.7. The lowest BCUT2D eigenvalue weighted by atomic mass is 10.2. The van der Waals surface area contributed by atoms with Crippen LogP contribution in [0.15, 0.2) is 40.8 Å². The van der Waals surface area contributed by atoms with Gasteiger partial charge in [0.1, 0.15) is 11.6 Å². The van der Waals surface area contributed by atoms with Gasteiger partial charge in [-0.05, 0) is 49.7 Å². The molecular formula is C18H18FNO6S. The van der Waals surface area contributed by atoms with Gasteiger partial charge in [-0.1, -0.05) is 0 Å². The van der Waals surface area contributed by atoms with E-state index in [0.29, 0.717) is 17.7 Å². The quantitative estimate of drug-likeness (QED) is 0.776. The highest BCUT2D eigenvalue weighted by Gasteiger charge is 2.31. The number of hydrogen-bond acceptors (Lipinski definition) is 6. The number of halogens is 1. The van der Waals surface area contributed by atoms with Crippen LogP contribution in [0.1, 0.15) is 23.9 Å². The molecule has 1 saturated heterocycles. The summed E-state index contributed by atoms with van der Waals surface area (Å²) in [6.45, 7) is 1.39. The van der Waals surface area contributed by atoms with E-state index >= 15 is 0 Å². The maximum absolute atomic E-state index is 13.0. The zero-order valence-electron chi connectivity index (χ0n) is 14.5. The average Bonchev–Trinajstić information content (AvgIpc) is 3.22. The second-order valence-corrected chi connectivity index (χ2v) is 8.56. The summed E-state index contributed by atoms with van der Waals surface area (Å²) in [7, 11) is -3.12. The van der Waals surface area contributed by atoms with Crippen LogP contribution in [0.3, 0.4) is 0 Å². The molecule has 0 spiro atoms. The number of rotatable bonds is 5. The van der Waals surface area contributed by atoms with E-state index in [2.05, 4.69) is 5.32 Å². The predicted molar refractivity (Wildman–Crippen MR) is 94.2 cm³/mol. The molecule has 2 atom stereocenters. The van der Waals surface area contributed by atoms with Crippen molar-refractivity contribution < 1.29 is 31.6 Å². The standard InChI is InChI=1S/C18H18FNO6S/c1-11(17(21)20-14-8-9-27(23,24)10-14)25-18(22)16-7-6-15(26-16)12-2-4-13(19)5-3-12/h2-7,11,14H,8-10H2,1H3,(H,20,21)/t11-,14-/m1/s1. The second kappa shape index (κ2) is 7.51. The van der Waals surface area contributed by atoms with Crippen LogP contribution >= 0.6 is 0 Å². The van der Waals surface area contributed by atoms with E-state index in [1.165, 1.54) is 43.3 Å². The van der Waals surface area contributed by atoms with Crippen LogP contribution < -0.4 is 5.32 Å². The first-order valence-electron chi connectivity index (χ1n) is 8.31. The number of carbonyl (C=O) groups is 2. The fourth-order valence-corrected chi connectivity index (χ4v) is 4.39. The Morgan fingerprint density at radius 2 is 1.93 bits per heavy atom. The summed E-state index contributed by atoms with van der Waals surface area (Å²) in [5, 5.41) is 2.57. The molecule has 1 fully saturated rings. The number of furan rings is 1. The largest absolute Gasteiger partial charge is 0.449 e. The molecule has 0 radical (unpaired) electrons. The summed E-state index contributed by atoms with van der Waals surface area (Å²) in [6.07, 6.45) is -0.770. The fourth-order valence-electron chi connectivity index (χ4n) is 2.72. The maximum atomic E-state index is 13.0. The van der Waals surface area contributed by atoms with Crippen LogP contribution in [0.4, 0.5) is 4.39 Å². The monoisotopic (exact) mass is 395 g/mol. The van der Waals surface area contributed by atoms with Gasteiger partial charge in [-0.2, -0.15) is 0 Å². The second-order valence-electron chi connectivity index (χ2n) is 6.33. The minimum absolute atomic E-state index is 0.0324. The minimum atomic E-state index is -3.12. The third-order valence-electron chi connectivity index (χ3n) is 4.17. The van der Waals surface area contributed by atoms with Crippen LogP contribution in [0, 0.1) is 5.82 Å². The Kier molecular flexibility index (Phi) is 5.31. The molecule has 2 heterocycles. The number of hydrogen-bond donors (Lipinski definition) is 1. The van der Waals surface area contributed by atoms with Gasteiger partial charge in [-0.3, -0.25) is 4.79 Å². The zero-order valence-corrected chi connectivity index (χ0v) is 15.3. The van der Waals surface area contributed by atoms with Crippen LogP contribution in [-0.2, 0) is 19.4 Å². The minimum Gasteiger partial charge on any atom is -0.449 e. The fraction of sp³-hybridized carbons (Fsp3) is 0.333. The zero-order chi connectivity index (χ0) is 19.6. The van der Waals surface area contributed by atoms with Gasteiger partial charge >= 0.3 is 5.97 Å². The Morgan fingerprint density at radius 3 is 2.56 bits per heavy atom. The van der Waals surface area contributed by atoms with Gasteiger partial charge in [0.15, 0.2) is 15.9 Å². The molecule has 144 valence electrons. The molecule has 9 heteroatoms. The Morgan fingerprint density at radius 1 is 1.22 bits per heavy atom. The van der Waals surface area contributed by atoms with Crippen molar-refractivity contribution >= 4 is 21.7 Å². The Labute approximate surface area is 155 Å². The molecule has 1 N–H and O–H groups in total.